The maximum Gasteiger partial charge on any atom is 0.242 e. The molecule has 3 atom stereocenters. The van der Waals surface area contributed by atoms with Crippen molar-refractivity contribution >= 4 is 11.8 Å². The Morgan fingerprint density at radius 2 is 1.93 bits per heavy atom. The molecule has 27 heavy (non-hydrogen) atoms. The zero-order valence-corrected chi connectivity index (χ0v) is 17.0. The Bertz CT molecular complexity index is 620. The molecule has 1 aromatic rings. The summed E-state index contributed by atoms with van der Waals surface area (Å²) in [6, 6.07) is 10.4. The van der Waals surface area contributed by atoms with E-state index in [-0.39, 0.29) is 30.3 Å². The molecule has 150 valence electrons. The quantitative estimate of drug-likeness (QED) is 0.727. The molecule has 1 saturated heterocycles. The average Bonchev–Trinajstić information content (AvgIpc) is 3.15. The highest BCUT2D eigenvalue weighted by atomic mass is 16.2. The van der Waals surface area contributed by atoms with Gasteiger partial charge in [-0.1, -0.05) is 44.2 Å². The Morgan fingerprint density at radius 1 is 1.26 bits per heavy atom. The normalized spacial score (nSPS) is 19.7. The van der Waals surface area contributed by atoms with E-state index in [0.717, 1.165) is 19.5 Å². The summed E-state index contributed by atoms with van der Waals surface area (Å²) in [6.45, 7) is 10.5. The van der Waals surface area contributed by atoms with Crippen molar-refractivity contribution in [2.45, 2.75) is 52.2 Å². The molecule has 6 nitrogen and oxygen atoms in total. The summed E-state index contributed by atoms with van der Waals surface area (Å²) in [4.78, 5) is 29.0. The van der Waals surface area contributed by atoms with Crippen LogP contribution in [0.4, 0.5) is 0 Å². The minimum atomic E-state index is -0.582. The van der Waals surface area contributed by atoms with Crippen LogP contribution in [0.25, 0.3) is 0 Å². The molecule has 1 fully saturated rings. The predicted octanol–water partition coefficient (Wildman–Crippen LogP) is 1.77. The van der Waals surface area contributed by atoms with Crippen molar-refractivity contribution in [3.63, 3.8) is 0 Å². The number of rotatable bonds is 8. The van der Waals surface area contributed by atoms with E-state index in [1.165, 1.54) is 5.56 Å². The number of benzene rings is 1. The van der Waals surface area contributed by atoms with Crippen molar-refractivity contribution in [3.8, 4) is 0 Å². The van der Waals surface area contributed by atoms with E-state index in [1.54, 1.807) is 0 Å². The molecule has 1 heterocycles. The van der Waals surface area contributed by atoms with Crippen LogP contribution < -0.4 is 11.1 Å². The molecule has 0 saturated carbocycles. The van der Waals surface area contributed by atoms with E-state index < -0.39 is 6.04 Å². The molecule has 0 aromatic heterocycles. The second kappa shape index (κ2) is 9.85. The van der Waals surface area contributed by atoms with Gasteiger partial charge in [0, 0.05) is 31.7 Å². The summed E-state index contributed by atoms with van der Waals surface area (Å²) in [6.07, 6.45) is 0.955. The zero-order chi connectivity index (χ0) is 20.0. The molecule has 0 radical (unpaired) electrons. The van der Waals surface area contributed by atoms with E-state index in [1.807, 2.05) is 31.7 Å². The summed E-state index contributed by atoms with van der Waals surface area (Å²) in [7, 11) is 0. The van der Waals surface area contributed by atoms with Gasteiger partial charge in [-0.25, -0.2) is 0 Å². The largest absolute Gasteiger partial charge is 0.346 e. The summed E-state index contributed by atoms with van der Waals surface area (Å²) < 4.78 is 0. The highest BCUT2D eigenvalue weighted by Crippen LogP contribution is 2.26. The van der Waals surface area contributed by atoms with Gasteiger partial charge in [0.1, 0.15) is 0 Å². The first-order valence-corrected chi connectivity index (χ1v) is 9.96. The Labute approximate surface area is 163 Å². The lowest BCUT2D eigenvalue weighted by Crippen LogP contribution is -2.50. The lowest BCUT2D eigenvalue weighted by atomic mass is 10.1. The van der Waals surface area contributed by atoms with E-state index in [4.69, 9.17) is 5.73 Å². The number of carbonyl (C=O) groups is 2. The topological polar surface area (TPSA) is 78.7 Å². The number of nitrogens with one attached hydrogen (secondary N) is 1. The maximum absolute atomic E-state index is 12.7. The summed E-state index contributed by atoms with van der Waals surface area (Å²) >= 11 is 0. The highest BCUT2D eigenvalue weighted by Gasteiger charge is 2.32. The number of hydrogen-bond donors (Lipinski definition) is 2. The molecule has 6 heteroatoms. The van der Waals surface area contributed by atoms with Crippen molar-refractivity contribution in [2.24, 2.45) is 11.7 Å². The smallest absolute Gasteiger partial charge is 0.242 e. The van der Waals surface area contributed by atoms with Crippen molar-refractivity contribution in [1.82, 2.24) is 15.1 Å². The van der Waals surface area contributed by atoms with Crippen LogP contribution in [-0.2, 0) is 9.59 Å². The van der Waals surface area contributed by atoms with Gasteiger partial charge in [-0.2, -0.15) is 0 Å². The molecule has 2 rings (SSSR count). The van der Waals surface area contributed by atoms with E-state index >= 15 is 0 Å². The Hall–Kier alpha value is -1.92. The average molecular weight is 375 g/mol. The van der Waals surface area contributed by atoms with E-state index in [9.17, 15) is 9.59 Å². The molecule has 1 aliphatic heterocycles. The third-order valence-corrected chi connectivity index (χ3v) is 5.56. The summed E-state index contributed by atoms with van der Waals surface area (Å²) in [5.74, 6) is -0.258. The highest BCUT2D eigenvalue weighted by molar-refractivity contribution is 5.87. The molecule has 2 amide bonds. The number of carbonyl (C=O) groups excluding carboxylic acids is 2. The summed E-state index contributed by atoms with van der Waals surface area (Å²) in [5.41, 5.74) is 7.13. The number of likely N-dealkylation sites (tertiary alicyclic amines) is 1. The fourth-order valence-electron chi connectivity index (χ4n) is 3.64. The SMILES string of the molecule is CCN(C(=O)CNC(=O)[C@@H](N)C(C)C)C1CCN(C(C)c2ccccc2)C1. The maximum atomic E-state index is 12.7. The molecule has 1 aliphatic rings. The molecule has 2 unspecified atom stereocenters. The van der Waals surface area contributed by atoms with E-state index in [0.29, 0.717) is 12.6 Å². The minimum Gasteiger partial charge on any atom is -0.346 e. The standard InChI is InChI=1S/C21H34N4O2/c1-5-25(19(26)13-23-21(27)20(22)15(2)3)18-11-12-24(14-18)16(4)17-9-7-6-8-10-17/h6-10,15-16,18,20H,5,11-14,22H2,1-4H3,(H,23,27)/t16?,18?,20-/m0/s1. The predicted molar refractivity (Wildman–Crippen MR) is 108 cm³/mol. The third-order valence-electron chi connectivity index (χ3n) is 5.56. The van der Waals surface area contributed by atoms with Gasteiger partial charge >= 0.3 is 0 Å². The fraction of sp³-hybridized carbons (Fsp3) is 0.619. The Balaban J connectivity index is 1.90. The van der Waals surface area contributed by atoms with Gasteiger partial charge < -0.3 is 16.0 Å². The van der Waals surface area contributed by atoms with Crippen LogP contribution in [0.15, 0.2) is 30.3 Å². The van der Waals surface area contributed by atoms with Gasteiger partial charge in [0.05, 0.1) is 12.6 Å². The van der Waals surface area contributed by atoms with Crippen LogP contribution in [0.1, 0.15) is 45.7 Å². The lowest BCUT2D eigenvalue weighted by molar-refractivity contribution is -0.134. The van der Waals surface area contributed by atoms with Crippen molar-refractivity contribution in [3.05, 3.63) is 35.9 Å². The lowest BCUT2D eigenvalue weighted by Gasteiger charge is -2.30. The van der Waals surface area contributed by atoms with Gasteiger partial charge in [0.2, 0.25) is 11.8 Å². The Kier molecular flexibility index (Phi) is 7.80. The molecule has 3 N–H and O–H groups in total. The van der Waals surface area contributed by atoms with Crippen LogP contribution in [0.2, 0.25) is 0 Å². The van der Waals surface area contributed by atoms with Crippen molar-refractivity contribution in [2.75, 3.05) is 26.2 Å². The van der Waals surface area contributed by atoms with Crippen LogP contribution in [0.5, 0.6) is 0 Å². The molecule has 0 spiro atoms. The van der Waals surface area contributed by atoms with Gasteiger partial charge in [0.15, 0.2) is 0 Å². The number of amides is 2. The first-order valence-electron chi connectivity index (χ1n) is 9.96. The number of nitrogens with zero attached hydrogens (tertiary/aromatic N) is 2. The first-order chi connectivity index (χ1) is 12.8. The number of nitrogens with two attached hydrogens (primary N) is 1. The van der Waals surface area contributed by atoms with Crippen LogP contribution >= 0.6 is 0 Å². The Morgan fingerprint density at radius 3 is 2.52 bits per heavy atom. The van der Waals surface area contributed by atoms with Crippen molar-refractivity contribution < 1.29 is 9.59 Å². The second-order valence-electron chi connectivity index (χ2n) is 7.69. The molecular formula is C21H34N4O2. The summed E-state index contributed by atoms with van der Waals surface area (Å²) in [5, 5.41) is 2.69. The molecule has 0 aliphatic carbocycles. The zero-order valence-electron chi connectivity index (χ0n) is 17.0. The van der Waals surface area contributed by atoms with E-state index in [2.05, 4.69) is 41.4 Å². The molecule has 0 bridgehead atoms. The minimum absolute atomic E-state index is 0.0117. The van der Waals surface area contributed by atoms with Gasteiger partial charge in [-0.05, 0) is 31.7 Å². The van der Waals surface area contributed by atoms with Crippen LogP contribution in [0, 0.1) is 5.92 Å². The monoisotopic (exact) mass is 374 g/mol. The second-order valence-corrected chi connectivity index (χ2v) is 7.69. The third kappa shape index (κ3) is 5.53. The number of likely N-dealkylation sites (N-methyl/N-ethyl adjacent to an activating group) is 1. The van der Waals surface area contributed by atoms with Crippen LogP contribution in [0.3, 0.4) is 0 Å². The van der Waals surface area contributed by atoms with Gasteiger partial charge in [-0.15, -0.1) is 0 Å². The first kappa shape index (κ1) is 21.4. The van der Waals surface area contributed by atoms with Gasteiger partial charge in [0.25, 0.3) is 0 Å². The fourth-order valence-corrected chi connectivity index (χ4v) is 3.64. The molecule has 1 aromatic carbocycles. The number of hydrogen-bond acceptors (Lipinski definition) is 4. The van der Waals surface area contributed by atoms with Crippen molar-refractivity contribution in [1.29, 1.82) is 0 Å². The van der Waals surface area contributed by atoms with Gasteiger partial charge in [-0.3, -0.25) is 14.5 Å². The molecular weight excluding hydrogens is 340 g/mol. The van der Waals surface area contributed by atoms with Crippen LogP contribution in [-0.4, -0.2) is 59.9 Å².